The van der Waals surface area contributed by atoms with Crippen molar-refractivity contribution >= 4 is 11.8 Å². The number of nitrogens with two attached hydrogens (primary N) is 1. The molecule has 100 valence electrons. The van der Waals surface area contributed by atoms with Gasteiger partial charge >= 0.3 is 0 Å². The Hall–Kier alpha value is -1.32. The van der Waals surface area contributed by atoms with Crippen LogP contribution in [0.15, 0.2) is 52.3 Å². The summed E-state index contributed by atoms with van der Waals surface area (Å²) in [5.41, 5.74) is 7.69. The van der Waals surface area contributed by atoms with Gasteiger partial charge in [-0.1, -0.05) is 37.7 Å². The van der Waals surface area contributed by atoms with Crippen molar-refractivity contribution in [1.29, 1.82) is 0 Å². The van der Waals surface area contributed by atoms with Crippen molar-refractivity contribution in [2.75, 3.05) is 0 Å². The molecule has 0 aliphatic carbocycles. The van der Waals surface area contributed by atoms with Crippen LogP contribution in [0.2, 0.25) is 0 Å². The summed E-state index contributed by atoms with van der Waals surface area (Å²) in [5, 5.41) is 0. The van der Waals surface area contributed by atoms with Crippen molar-refractivity contribution in [3.05, 3.63) is 59.4 Å². The summed E-state index contributed by atoms with van der Waals surface area (Å²) in [5.74, 6) is 0.293. The second-order valence-corrected chi connectivity index (χ2v) is 5.97. The minimum absolute atomic E-state index is 0.232. The zero-order chi connectivity index (χ0) is 13.8. The van der Waals surface area contributed by atoms with Crippen LogP contribution in [-0.2, 0) is 6.54 Å². The predicted octanol–water partition coefficient (Wildman–Crippen LogP) is 4.56. The number of rotatable bonds is 4. The number of hydrogen-bond donors (Lipinski definition) is 1. The fourth-order valence-electron chi connectivity index (χ4n) is 1.85. The molecule has 2 rings (SSSR count). The molecule has 0 atom stereocenters. The van der Waals surface area contributed by atoms with Crippen molar-refractivity contribution in [2.45, 2.75) is 36.1 Å². The van der Waals surface area contributed by atoms with Gasteiger partial charge in [0.05, 0.1) is 0 Å². The highest BCUT2D eigenvalue weighted by atomic mass is 32.2. The molecule has 2 aromatic carbocycles. The summed E-state index contributed by atoms with van der Waals surface area (Å²) in [7, 11) is 0. The number of hydrogen-bond acceptors (Lipinski definition) is 2. The van der Waals surface area contributed by atoms with Crippen molar-refractivity contribution in [2.24, 2.45) is 5.73 Å². The Kier molecular flexibility index (Phi) is 4.61. The highest BCUT2D eigenvalue weighted by Gasteiger charge is 2.03. The number of halogens is 1. The van der Waals surface area contributed by atoms with Crippen molar-refractivity contribution < 1.29 is 4.39 Å². The molecule has 2 aromatic rings. The van der Waals surface area contributed by atoms with Gasteiger partial charge in [-0.25, -0.2) is 4.39 Å². The SMILES string of the molecule is CC(C)c1ccc(Sc2cc(F)cc(CN)c2)cc1. The van der Waals surface area contributed by atoms with Crippen molar-refractivity contribution in [3.8, 4) is 0 Å². The molecule has 0 saturated heterocycles. The van der Waals surface area contributed by atoms with Gasteiger partial charge < -0.3 is 5.73 Å². The zero-order valence-electron chi connectivity index (χ0n) is 11.2. The molecule has 0 bridgehead atoms. The standard InChI is InChI=1S/C16H18FNS/c1-11(2)13-3-5-15(6-4-13)19-16-8-12(10-18)7-14(17)9-16/h3-9,11H,10,18H2,1-2H3. The molecule has 0 radical (unpaired) electrons. The highest BCUT2D eigenvalue weighted by molar-refractivity contribution is 7.99. The quantitative estimate of drug-likeness (QED) is 0.885. The Balaban J connectivity index is 2.18. The number of benzene rings is 2. The molecule has 0 aromatic heterocycles. The predicted molar refractivity (Wildman–Crippen MR) is 78.9 cm³/mol. The maximum Gasteiger partial charge on any atom is 0.124 e. The molecular weight excluding hydrogens is 257 g/mol. The molecule has 0 amide bonds. The highest BCUT2D eigenvalue weighted by Crippen LogP contribution is 2.30. The monoisotopic (exact) mass is 275 g/mol. The van der Waals surface area contributed by atoms with Crippen LogP contribution in [0.1, 0.15) is 30.9 Å². The van der Waals surface area contributed by atoms with E-state index in [4.69, 9.17) is 5.73 Å². The Labute approximate surface area is 118 Å². The lowest BCUT2D eigenvalue weighted by Gasteiger charge is -2.08. The first-order chi connectivity index (χ1) is 9.08. The van der Waals surface area contributed by atoms with E-state index >= 15 is 0 Å². The molecule has 0 heterocycles. The smallest absolute Gasteiger partial charge is 0.124 e. The molecule has 0 saturated carbocycles. The average molecular weight is 275 g/mol. The average Bonchev–Trinajstić information content (AvgIpc) is 2.38. The second kappa shape index (κ2) is 6.22. The maximum absolute atomic E-state index is 13.4. The Bertz CT molecular complexity index is 549. The third-order valence-electron chi connectivity index (χ3n) is 2.95. The van der Waals surface area contributed by atoms with Crippen LogP contribution in [0.5, 0.6) is 0 Å². The second-order valence-electron chi connectivity index (χ2n) is 4.83. The third kappa shape index (κ3) is 3.82. The summed E-state index contributed by atoms with van der Waals surface area (Å²) in [6.45, 7) is 4.70. The van der Waals surface area contributed by atoms with Crippen LogP contribution in [0, 0.1) is 5.82 Å². The summed E-state index contributed by atoms with van der Waals surface area (Å²) in [6, 6.07) is 13.3. The first-order valence-electron chi connectivity index (χ1n) is 6.36. The fourth-order valence-corrected chi connectivity index (χ4v) is 2.78. The molecule has 1 nitrogen and oxygen atoms in total. The lowest BCUT2D eigenvalue weighted by molar-refractivity contribution is 0.621. The van der Waals surface area contributed by atoms with Crippen LogP contribution >= 0.6 is 11.8 Å². The Morgan fingerprint density at radius 3 is 2.32 bits per heavy atom. The van der Waals surface area contributed by atoms with Gasteiger partial charge in [-0.2, -0.15) is 0 Å². The minimum atomic E-state index is -0.232. The van der Waals surface area contributed by atoms with Crippen LogP contribution in [0.3, 0.4) is 0 Å². The van der Waals surface area contributed by atoms with Gasteiger partial charge in [0.25, 0.3) is 0 Å². The van der Waals surface area contributed by atoms with E-state index in [-0.39, 0.29) is 5.82 Å². The van der Waals surface area contributed by atoms with E-state index in [9.17, 15) is 4.39 Å². The van der Waals surface area contributed by atoms with Crippen molar-refractivity contribution in [3.63, 3.8) is 0 Å². The topological polar surface area (TPSA) is 26.0 Å². The van der Waals surface area contributed by atoms with Gasteiger partial charge in [0, 0.05) is 16.3 Å². The summed E-state index contributed by atoms with van der Waals surface area (Å²) < 4.78 is 13.4. The molecule has 0 fully saturated rings. The van der Waals surface area contributed by atoms with Gasteiger partial charge in [0.1, 0.15) is 5.82 Å². The Morgan fingerprint density at radius 1 is 1.05 bits per heavy atom. The van der Waals surface area contributed by atoms with E-state index in [1.54, 1.807) is 17.8 Å². The molecule has 0 aliphatic rings. The summed E-state index contributed by atoms with van der Waals surface area (Å²) in [6.07, 6.45) is 0. The summed E-state index contributed by atoms with van der Waals surface area (Å²) >= 11 is 1.56. The molecule has 3 heteroatoms. The van der Waals surface area contributed by atoms with Crippen LogP contribution in [-0.4, -0.2) is 0 Å². The molecule has 0 unspecified atom stereocenters. The van der Waals surface area contributed by atoms with E-state index in [2.05, 4.69) is 38.1 Å². The fraction of sp³-hybridized carbons (Fsp3) is 0.250. The van der Waals surface area contributed by atoms with E-state index in [0.29, 0.717) is 12.5 Å². The van der Waals surface area contributed by atoms with Crippen molar-refractivity contribution in [1.82, 2.24) is 0 Å². The minimum Gasteiger partial charge on any atom is -0.326 e. The molecule has 0 spiro atoms. The van der Waals surface area contributed by atoms with Gasteiger partial charge in [-0.05, 0) is 47.4 Å². The third-order valence-corrected chi connectivity index (χ3v) is 3.93. The first kappa shape index (κ1) is 14.1. The lowest BCUT2D eigenvalue weighted by atomic mass is 10.0. The summed E-state index contributed by atoms with van der Waals surface area (Å²) in [4.78, 5) is 2.00. The van der Waals surface area contributed by atoms with Crippen LogP contribution < -0.4 is 5.73 Å². The zero-order valence-corrected chi connectivity index (χ0v) is 12.0. The normalized spacial score (nSPS) is 11.0. The van der Waals surface area contributed by atoms with E-state index in [0.717, 1.165) is 15.4 Å². The van der Waals surface area contributed by atoms with E-state index in [1.807, 2.05) is 6.07 Å². The van der Waals surface area contributed by atoms with Crippen LogP contribution in [0.4, 0.5) is 4.39 Å². The van der Waals surface area contributed by atoms with Gasteiger partial charge in [-0.3, -0.25) is 0 Å². The van der Waals surface area contributed by atoms with E-state index < -0.39 is 0 Å². The van der Waals surface area contributed by atoms with E-state index in [1.165, 1.54) is 11.6 Å². The lowest BCUT2D eigenvalue weighted by Crippen LogP contribution is -1.97. The maximum atomic E-state index is 13.4. The first-order valence-corrected chi connectivity index (χ1v) is 7.17. The largest absolute Gasteiger partial charge is 0.326 e. The van der Waals surface area contributed by atoms with Crippen LogP contribution in [0.25, 0.3) is 0 Å². The molecule has 19 heavy (non-hydrogen) atoms. The molecular formula is C16H18FNS. The van der Waals surface area contributed by atoms with Gasteiger partial charge in [0.15, 0.2) is 0 Å². The molecule has 2 N–H and O–H groups in total. The van der Waals surface area contributed by atoms with Gasteiger partial charge in [-0.15, -0.1) is 0 Å². The Morgan fingerprint density at radius 2 is 1.74 bits per heavy atom. The van der Waals surface area contributed by atoms with Gasteiger partial charge in [0.2, 0.25) is 0 Å². The molecule has 0 aliphatic heterocycles.